The molecule has 1 aromatic rings. The van der Waals surface area contributed by atoms with Crippen molar-refractivity contribution in [1.29, 1.82) is 0 Å². The third-order valence-corrected chi connectivity index (χ3v) is 2.69. The van der Waals surface area contributed by atoms with E-state index in [1.165, 1.54) is 18.2 Å². The number of aliphatic imine (C=N–C) groups is 1. The number of nitrogens with zero attached hydrogens (tertiary/aromatic N) is 2. The fourth-order valence-corrected chi connectivity index (χ4v) is 1.76. The van der Waals surface area contributed by atoms with Crippen molar-refractivity contribution in [3.05, 3.63) is 47.8 Å². The maximum Gasteiger partial charge on any atom is 0.356 e. The van der Waals surface area contributed by atoms with Gasteiger partial charge in [0.15, 0.2) is 5.70 Å². The van der Waals surface area contributed by atoms with Gasteiger partial charge in [0, 0.05) is 12.7 Å². The molecule has 0 aromatic heterocycles. The van der Waals surface area contributed by atoms with Gasteiger partial charge in [-0.2, -0.15) is 0 Å². The molecule has 2 rings (SSSR count). The Hall–Kier alpha value is -2.34. The summed E-state index contributed by atoms with van der Waals surface area (Å²) in [6.07, 6.45) is 0.219. The van der Waals surface area contributed by atoms with E-state index >= 15 is 0 Å². The lowest BCUT2D eigenvalue weighted by molar-refractivity contribution is -0.132. The number of benzene rings is 1. The third kappa shape index (κ3) is 2.92. The molecule has 1 aromatic carbocycles. The average Bonchev–Trinajstić information content (AvgIpc) is 2.42. The molecule has 2 N–H and O–H groups in total. The van der Waals surface area contributed by atoms with Crippen LogP contribution in [0.25, 0.3) is 0 Å². The van der Waals surface area contributed by atoms with E-state index in [0.29, 0.717) is 6.54 Å². The Balaban J connectivity index is 2.24. The molecule has 6 heteroatoms. The summed E-state index contributed by atoms with van der Waals surface area (Å²) in [5.41, 5.74) is 0.776. The highest BCUT2D eigenvalue weighted by molar-refractivity contribution is 5.93. The lowest BCUT2D eigenvalue weighted by Gasteiger charge is -2.29. The van der Waals surface area contributed by atoms with Crippen LogP contribution in [0.1, 0.15) is 5.56 Å². The normalized spacial score (nSPS) is 18.6. The molecule has 1 aliphatic heterocycles. The minimum Gasteiger partial charge on any atom is -0.481 e. The van der Waals surface area contributed by atoms with E-state index in [1.54, 1.807) is 0 Å². The average molecular weight is 262 g/mol. The van der Waals surface area contributed by atoms with Gasteiger partial charge in [-0.3, -0.25) is 0 Å². The predicted octanol–water partition coefficient (Wildman–Crippen LogP) is 0.792. The topological polar surface area (TPSA) is 82.4 Å². The van der Waals surface area contributed by atoms with Gasteiger partial charge >= 0.3 is 5.97 Å². The van der Waals surface area contributed by atoms with Crippen LogP contribution < -0.4 is 0 Å². The number of methoxy groups -OCH3 is 1. The number of rotatable bonds is 3. The molecule has 0 saturated carbocycles. The van der Waals surface area contributed by atoms with Gasteiger partial charge in [0.05, 0.1) is 7.11 Å². The summed E-state index contributed by atoms with van der Waals surface area (Å²) in [5.74, 6) is -1.20. The number of aliphatic hydroxyl groups excluding tert-OH is 1. The SMILES string of the molecule is COC1=NC(C(=O)O)=CN(Cc2ccccc2)C1O. The zero-order valence-electron chi connectivity index (χ0n) is 10.4. The molecule has 19 heavy (non-hydrogen) atoms. The van der Waals surface area contributed by atoms with Crippen LogP contribution in [0.5, 0.6) is 0 Å². The molecule has 100 valence electrons. The molecule has 0 aliphatic carbocycles. The third-order valence-electron chi connectivity index (χ3n) is 2.69. The summed E-state index contributed by atoms with van der Waals surface area (Å²) in [7, 11) is 1.34. The van der Waals surface area contributed by atoms with Crippen molar-refractivity contribution in [3.8, 4) is 0 Å². The molecule has 0 saturated heterocycles. The van der Waals surface area contributed by atoms with Gasteiger partial charge < -0.3 is 19.8 Å². The van der Waals surface area contributed by atoms with Crippen molar-refractivity contribution in [2.24, 2.45) is 4.99 Å². The van der Waals surface area contributed by atoms with Crippen molar-refractivity contribution in [2.45, 2.75) is 12.8 Å². The molecule has 0 fully saturated rings. The Morgan fingerprint density at radius 2 is 2.11 bits per heavy atom. The van der Waals surface area contributed by atoms with Crippen LogP contribution in [0.2, 0.25) is 0 Å². The maximum absolute atomic E-state index is 11.0. The zero-order valence-corrected chi connectivity index (χ0v) is 10.4. The van der Waals surface area contributed by atoms with Crippen LogP contribution in [-0.4, -0.2) is 40.3 Å². The fraction of sp³-hybridized carbons (Fsp3) is 0.231. The van der Waals surface area contributed by atoms with Gasteiger partial charge in [0.25, 0.3) is 0 Å². The lowest BCUT2D eigenvalue weighted by atomic mass is 10.2. The Morgan fingerprint density at radius 3 is 2.68 bits per heavy atom. The summed E-state index contributed by atoms with van der Waals surface area (Å²) < 4.78 is 4.91. The van der Waals surface area contributed by atoms with Crippen molar-refractivity contribution in [3.63, 3.8) is 0 Å². The van der Waals surface area contributed by atoms with Crippen molar-refractivity contribution >= 4 is 11.9 Å². The number of aliphatic hydroxyl groups is 1. The van der Waals surface area contributed by atoms with Crippen LogP contribution in [-0.2, 0) is 16.1 Å². The number of carbonyl (C=O) groups is 1. The zero-order chi connectivity index (χ0) is 13.8. The Morgan fingerprint density at radius 1 is 1.42 bits per heavy atom. The minimum atomic E-state index is -1.17. The number of hydrogen-bond donors (Lipinski definition) is 2. The van der Waals surface area contributed by atoms with Gasteiger partial charge in [0.1, 0.15) is 0 Å². The second-order valence-electron chi connectivity index (χ2n) is 4.01. The molecule has 1 heterocycles. The second kappa shape index (κ2) is 5.53. The molecule has 6 nitrogen and oxygen atoms in total. The van der Waals surface area contributed by atoms with Crippen LogP contribution in [0.4, 0.5) is 0 Å². The van der Waals surface area contributed by atoms with Gasteiger partial charge in [-0.15, -0.1) is 0 Å². The smallest absolute Gasteiger partial charge is 0.356 e. The van der Waals surface area contributed by atoms with E-state index in [2.05, 4.69) is 4.99 Å². The highest BCUT2D eigenvalue weighted by atomic mass is 16.5. The van der Waals surface area contributed by atoms with Crippen molar-refractivity contribution in [2.75, 3.05) is 7.11 Å². The summed E-state index contributed by atoms with van der Waals surface area (Å²) >= 11 is 0. The quantitative estimate of drug-likeness (QED) is 0.841. The van der Waals surface area contributed by atoms with Gasteiger partial charge in [-0.05, 0) is 5.56 Å². The molecule has 0 radical (unpaired) electrons. The highest BCUT2D eigenvalue weighted by Crippen LogP contribution is 2.17. The van der Waals surface area contributed by atoms with Crippen LogP contribution in [0.3, 0.4) is 0 Å². The first-order valence-corrected chi connectivity index (χ1v) is 5.67. The van der Waals surface area contributed by atoms with E-state index in [-0.39, 0.29) is 11.6 Å². The molecular weight excluding hydrogens is 248 g/mol. The highest BCUT2D eigenvalue weighted by Gasteiger charge is 2.27. The number of hydrogen-bond acceptors (Lipinski definition) is 5. The predicted molar refractivity (Wildman–Crippen MR) is 68.2 cm³/mol. The first kappa shape index (κ1) is 13.1. The van der Waals surface area contributed by atoms with E-state index in [4.69, 9.17) is 9.84 Å². The lowest BCUT2D eigenvalue weighted by Crippen LogP contribution is -2.41. The summed E-state index contributed by atoms with van der Waals surface area (Å²) in [6.45, 7) is 0.362. The fourth-order valence-electron chi connectivity index (χ4n) is 1.76. The number of carboxylic acid groups (broad SMARTS) is 1. The van der Waals surface area contributed by atoms with Gasteiger partial charge in [-0.1, -0.05) is 30.3 Å². The monoisotopic (exact) mass is 262 g/mol. The second-order valence-corrected chi connectivity index (χ2v) is 4.01. The summed E-state index contributed by atoms with van der Waals surface area (Å²) in [5, 5.41) is 19.0. The van der Waals surface area contributed by atoms with Crippen molar-refractivity contribution in [1.82, 2.24) is 4.90 Å². The van der Waals surface area contributed by atoms with Crippen LogP contribution in [0.15, 0.2) is 47.2 Å². The number of ether oxygens (including phenoxy) is 1. The van der Waals surface area contributed by atoms with Crippen LogP contribution >= 0.6 is 0 Å². The van der Waals surface area contributed by atoms with Gasteiger partial charge in [-0.25, -0.2) is 9.79 Å². The van der Waals surface area contributed by atoms with Gasteiger partial charge in [0.2, 0.25) is 12.1 Å². The molecule has 1 atom stereocenters. The molecular formula is C13H14N2O4. The van der Waals surface area contributed by atoms with E-state index in [9.17, 15) is 9.90 Å². The van der Waals surface area contributed by atoms with Crippen molar-refractivity contribution < 1.29 is 19.7 Å². The standard InChI is InChI=1S/C13H14N2O4/c1-19-11-12(16)15(8-10(14-11)13(17)18)7-9-5-3-2-4-6-9/h2-6,8,12,16H,7H2,1H3,(H,17,18). The van der Waals surface area contributed by atoms with Crippen LogP contribution in [0, 0.1) is 0 Å². The Bertz CT molecular complexity index is 525. The Kier molecular flexibility index (Phi) is 3.82. The summed E-state index contributed by atoms with van der Waals surface area (Å²) in [6, 6.07) is 9.41. The first-order chi connectivity index (χ1) is 9.11. The molecule has 0 amide bonds. The molecule has 0 spiro atoms. The molecule has 1 aliphatic rings. The number of aliphatic carboxylic acids is 1. The number of carboxylic acids is 1. The molecule has 1 unspecified atom stereocenters. The molecule has 0 bridgehead atoms. The van der Waals surface area contributed by atoms with E-state index in [0.717, 1.165) is 5.56 Å². The maximum atomic E-state index is 11.0. The summed E-state index contributed by atoms with van der Waals surface area (Å²) in [4.78, 5) is 16.2. The van der Waals surface area contributed by atoms with E-state index < -0.39 is 12.2 Å². The van der Waals surface area contributed by atoms with E-state index in [1.807, 2.05) is 30.3 Å². The first-order valence-electron chi connectivity index (χ1n) is 5.67. The largest absolute Gasteiger partial charge is 0.481 e. The Labute approximate surface area is 110 Å². The minimum absolute atomic E-state index is 0.0316.